The molecule has 1 saturated heterocycles. The summed E-state index contributed by atoms with van der Waals surface area (Å²) >= 11 is 0. The maximum Gasteiger partial charge on any atom is 0.373 e. The molecule has 0 spiro atoms. The van der Waals surface area contributed by atoms with Crippen LogP contribution in [-0.2, 0) is 20.9 Å². The van der Waals surface area contributed by atoms with Crippen molar-refractivity contribution < 1.29 is 38.0 Å². The van der Waals surface area contributed by atoms with E-state index in [0.717, 1.165) is 17.9 Å². The van der Waals surface area contributed by atoms with Gasteiger partial charge in [0, 0.05) is 13.0 Å². The summed E-state index contributed by atoms with van der Waals surface area (Å²) in [7, 11) is 1.18. The highest BCUT2D eigenvalue weighted by Crippen LogP contribution is 2.29. The molecule has 0 bridgehead atoms. The van der Waals surface area contributed by atoms with E-state index in [1.807, 2.05) is 0 Å². The number of furan rings is 1. The molecule has 2 aromatic rings. The number of hydrogen-bond acceptors (Lipinski definition) is 9. The lowest BCUT2D eigenvalue weighted by Crippen LogP contribution is -2.30. The number of nitrogens with one attached hydrogen (secondary N) is 1. The molecule has 1 aromatic heterocycles. The molecule has 1 aliphatic rings. The van der Waals surface area contributed by atoms with E-state index in [9.17, 15) is 29.3 Å². The lowest BCUT2D eigenvalue weighted by atomic mass is 10.1. The van der Waals surface area contributed by atoms with Crippen LogP contribution in [0.3, 0.4) is 0 Å². The van der Waals surface area contributed by atoms with Gasteiger partial charge in [-0.3, -0.25) is 24.6 Å². The highest BCUT2D eigenvalue weighted by atomic mass is 16.6. The van der Waals surface area contributed by atoms with Crippen molar-refractivity contribution in [1.82, 2.24) is 10.2 Å². The highest BCUT2D eigenvalue weighted by molar-refractivity contribution is 6.13. The number of nitro groups is 1. The van der Waals surface area contributed by atoms with Crippen molar-refractivity contribution in [1.29, 1.82) is 0 Å². The number of hydrogen-bond donors (Lipinski definition) is 1. The first-order valence-corrected chi connectivity index (χ1v) is 8.68. The van der Waals surface area contributed by atoms with Crippen LogP contribution in [-0.4, -0.2) is 40.8 Å². The number of urea groups is 1. The fourth-order valence-electron chi connectivity index (χ4n) is 2.72. The summed E-state index contributed by atoms with van der Waals surface area (Å²) in [4.78, 5) is 58.7. The highest BCUT2D eigenvalue weighted by Gasteiger charge is 2.34. The van der Waals surface area contributed by atoms with Crippen LogP contribution in [0.4, 0.5) is 10.5 Å². The summed E-state index contributed by atoms with van der Waals surface area (Å²) < 4.78 is 14.6. The van der Waals surface area contributed by atoms with Crippen LogP contribution in [0.5, 0.6) is 5.75 Å². The number of benzene rings is 1. The maximum absolute atomic E-state index is 12.6. The van der Waals surface area contributed by atoms with Gasteiger partial charge in [-0.1, -0.05) is 6.07 Å². The van der Waals surface area contributed by atoms with Gasteiger partial charge in [0.2, 0.25) is 11.5 Å². The smallest absolute Gasteiger partial charge is 0.373 e. The minimum absolute atomic E-state index is 0.0829. The van der Waals surface area contributed by atoms with Gasteiger partial charge < -0.3 is 19.2 Å². The van der Waals surface area contributed by atoms with E-state index in [1.165, 1.54) is 37.5 Å². The largest absolute Gasteiger partial charge is 0.463 e. The minimum Gasteiger partial charge on any atom is -0.463 e. The normalized spacial score (nSPS) is 14.5. The van der Waals surface area contributed by atoms with Gasteiger partial charge in [0.05, 0.1) is 18.6 Å². The Morgan fingerprint density at radius 3 is 2.65 bits per heavy atom. The van der Waals surface area contributed by atoms with Crippen molar-refractivity contribution >= 4 is 35.6 Å². The third kappa shape index (κ3) is 4.58. The average molecular weight is 429 g/mol. The lowest BCUT2D eigenvalue weighted by molar-refractivity contribution is -0.385. The number of esters is 2. The van der Waals surface area contributed by atoms with Crippen molar-refractivity contribution in [3.8, 4) is 5.75 Å². The van der Waals surface area contributed by atoms with Gasteiger partial charge >= 0.3 is 23.7 Å². The van der Waals surface area contributed by atoms with E-state index >= 15 is 0 Å². The van der Waals surface area contributed by atoms with Gasteiger partial charge in [-0.05, 0) is 29.8 Å². The Kier molecular flexibility index (Phi) is 5.81. The first kappa shape index (κ1) is 21.2. The summed E-state index contributed by atoms with van der Waals surface area (Å²) in [5.41, 5.74) is -0.387. The molecule has 0 aliphatic carbocycles. The fraction of sp³-hybridized carbons (Fsp3) is 0.158. The van der Waals surface area contributed by atoms with Gasteiger partial charge in [0.15, 0.2) is 0 Å². The zero-order valence-corrected chi connectivity index (χ0v) is 16.2. The van der Waals surface area contributed by atoms with E-state index in [4.69, 9.17) is 9.15 Å². The van der Waals surface area contributed by atoms with E-state index in [0.29, 0.717) is 0 Å². The van der Waals surface area contributed by atoms with E-state index in [-0.39, 0.29) is 35.1 Å². The molecule has 12 nitrogen and oxygen atoms in total. The SMILES string of the molecule is COC(=O)c1ccc(CN2C(=O)NC(=Cc3ccc(OC(C)=O)c([N+](=O)[O-])c3)C2=O)o1. The van der Waals surface area contributed by atoms with Crippen molar-refractivity contribution in [3.63, 3.8) is 0 Å². The Morgan fingerprint density at radius 2 is 2.00 bits per heavy atom. The summed E-state index contributed by atoms with van der Waals surface area (Å²) in [6.07, 6.45) is 1.24. The number of ether oxygens (including phenoxy) is 2. The zero-order chi connectivity index (χ0) is 22.7. The molecule has 1 N–H and O–H groups in total. The molecule has 0 radical (unpaired) electrons. The van der Waals surface area contributed by atoms with Crippen molar-refractivity contribution in [2.75, 3.05) is 7.11 Å². The Bertz CT molecular complexity index is 1130. The second kappa shape index (κ2) is 8.49. The number of nitro benzene ring substituents is 1. The molecule has 12 heteroatoms. The average Bonchev–Trinajstić information content (AvgIpc) is 3.28. The molecule has 1 aliphatic heterocycles. The topological polar surface area (TPSA) is 158 Å². The standard InChI is InChI=1S/C19H15N3O9/c1-10(23)30-15-5-3-11(8-14(15)22(27)28)7-13-17(24)21(19(26)20-13)9-12-4-6-16(31-12)18(25)29-2/h3-8H,9H2,1-2H3,(H,20,26). The van der Waals surface area contributed by atoms with Crippen LogP contribution in [0.15, 0.2) is 40.4 Å². The van der Waals surface area contributed by atoms with Gasteiger partial charge in [0.25, 0.3) is 5.91 Å². The second-order valence-electron chi connectivity index (χ2n) is 6.21. The van der Waals surface area contributed by atoms with E-state index < -0.39 is 34.5 Å². The van der Waals surface area contributed by atoms with Gasteiger partial charge in [-0.2, -0.15) is 0 Å². The molecule has 3 rings (SSSR count). The third-order valence-corrected chi connectivity index (χ3v) is 4.07. The Balaban J connectivity index is 1.82. The number of carbonyl (C=O) groups is 4. The van der Waals surface area contributed by atoms with Crippen LogP contribution in [0, 0.1) is 10.1 Å². The van der Waals surface area contributed by atoms with Crippen molar-refractivity contribution in [2.45, 2.75) is 13.5 Å². The van der Waals surface area contributed by atoms with Crippen LogP contribution < -0.4 is 10.1 Å². The summed E-state index contributed by atoms with van der Waals surface area (Å²) in [6, 6.07) is 5.73. The number of amides is 3. The molecular formula is C19H15N3O9. The molecule has 2 heterocycles. The first-order valence-electron chi connectivity index (χ1n) is 8.68. The van der Waals surface area contributed by atoms with Crippen LogP contribution in [0.2, 0.25) is 0 Å². The molecule has 31 heavy (non-hydrogen) atoms. The van der Waals surface area contributed by atoms with Gasteiger partial charge in [-0.15, -0.1) is 0 Å². The third-order valence-electron chi connectivity index (χ3n) is 4.07. The predicted octanol–water partition coefficient (Wildman–Crippen LogP) is 1.99. The number of imide groups is 1. The zero-order valence-electron chi connectivity index (χ0n) is 16.2. The van der Waals surface area contributed by atoms with Crippen molar-refractivity contribution in [2.24, 2.45) is 0 Å². The summed E-state index contributed by atoms with van der Waals surface area (Å²) in [5.74, 6) is -2.29. The summed E-state index contributed by atoms with van der Waals surface area (Å²) in [6.45, 7) is 0.860. The number of rotatable bonds is 6. The molecule has 0 saturated carbocycles. The fourth-order valence-corrected chi connectivity index (χ4v) is 2.72. The first-order chi connectivity index (χ1) is 14.7. The molecule has 0 atom stereocenters. The molecular weight excluding hydrogens is 414 g/mol. The van der Waals surface area contributed by atoms with Gasteiger partial charge in [0.1, 0.15) is 11.5 Å². The monoisotopic (exact) mass is 429 g/mol. The molecule has 1 fully saturated rings. The molecule has 1 aromatic carbocycles. The summed E-state index contributed by atoms with van der Waals surface area (Å²) in [5, 5.41) is 13.6. The Morgan fingerprint density at radius 1 is 1.26 bits per heavy atom. The van der Waals surface area contributed by atoms with Crippen LogP contribution >= 0.6 is 0 Å². The van der Waals surface area contributed by atoms with Gasteiger partial charge in [-0.25, -0.2) is 9.59 Å². The number of methoxy groups -OCH3 is 1. The molecule has 0 unspecified atom stereocenters. The predicted molar refractivity (Wildman–Crippen MR) is 102 cm³/mol. The minimum atomic E-state index is -0.739. The number of carbonyl (C=O) groups excluding carboxylic acids is 4. The lowest BCUT2D eigenvalue weighted by Gasteiger charge is -2.09. The molecule has 160 valence electrons. The quantitative estimate of drug-likeness (QED) is 0.181. The Labute approximate surface area is 174 Å². The van der Waals surface area contributed by atoms with Crippen LogP contribution in [0.1, 0.15) is 28.8 Å². The maximum atomic E-state index is 12.6. The van der Waals surface area contributed by atoms with Crippen molar-refractivity contribution in [3.05, 3.63) is 63.2 Å². The van der Waals surface area contributed by atoms with E-state index in [2.05, 4.69) is 10.1 Å². The van der Waals surface area contributed by atoms with Crippen LogP contribution in [0.25, 0.3) is 6.08 Å². The number of nitrogens with zero attached hydrogens (tertiary/aromatic N) is 2. The van der Waals surface area contributed by atoms with E-state index in [1.54, 1.807) is 0 Å². The molecule has 3 amide bonds. The second-order valence-corrected chi connectivity index (χ2v) is 6.21. The Hall–Kier alpha value is -4.48.